The van der Waals surface area contributed by atoms with Crippen LogP contribution < -0.4 is 4.90 Å². The summed E-state index contributed by atoms with van der Waals surface area (Å²) in [7, 11) is 0. The number of nitrogens with zero attached hydrogens (tertiary/aromatic N) is 2. The maximum Gasteiger partial charge on any atom is 0.172 e. The number of halogens is 1. The summed E-state index contributed by atoms with van der Waals surface area (Å²) in [5, 5.41) is 0. The third-order valence-corrected chi connectivity index (χ3v) is 4.03. The van der Waals surface area contributed by atoms with E-state index in [1.165, 1.54) is 0 Å². The summed E-state index contributed by atoms with van der Waals surface area (Å²) in [6, 6.07) is 4.07. The first-order chi connectivity index (χ1) is 8.67. The van der Waals surface area contributed by atoms with E-state index in [2.05, 4.69) is 32.7 Å². The van der Waals surface area contributed by atoms with Gasteiger partial charge < -0.3 is 14.4 Å². The van der Waals surface area contributed by atoms with Crippen molar-refractivity contribution in [3.63, 3.8) is 0 Å². The zero-order valence-electron chi connectivity index (χ0n) is 10.4. The number of anilines is 1. The highest BCUT2D eigenvalue weighted by Gasteiger charge is 2.42. The molecule has 98 valence electrons. The summed E-state index contributed by atoms with van der Waals surface area (Å²) in [6.07, 6.45) is 3.89. The summed E-state index contributed by atoms with van der Waals surface area (Å²) >= 11 is 3.40. The van der Waals surface area contributed by atoms with Gasteiger partial charge in [0.15, 0.2) is 5.79 Å². The largest absolute Gasteiger partial charge is 0.356 e. The molecule has 0 radical (unpaired) electrons. The number of rotatable bonds is 1. The van der Waals surface area contributed by atoms with Crippen LogP contribution in [-0.2, 0) is 9.47 Å². The fourth-order valence-electron chi connectivity index (χ4n) is 2.60. The summed E-state index contributed by atoms with van der Waals surface area (Å²) in [6.45, 7) is 4.65. The lowest BCUT2D eigenvalue weighted by atomic mass is 10.0. The molecule has 1 aromatic rings. The fourth-order valence-corrected chi connectivity index (χ4v) is 2.83. The second kappa shape index (κ2) is 4.79. The van der Waals surface area contributed by atoms with Crippen LogP contribution in [-0.4, -0.2) is 36.6 Å². The Bertz CT molecular complexity index is 416. The molecular weight excluding hydrogens is 296 g/mol. The average Bonchev–Trinajstić information content (AvgIpc) is 2.73. The molecule has 3 heterocycles. The molecule has 2 fully saturated rings. The Labute approximate surface area is 115 Å². The minimum atomic E-state index is -0.328. The van der Waals surface area contributed by atoms with E-state index in [0.29, 0.717) is 0 Å². The van der Waals surface area contributed by atoms with Gasteiger partial charge in [0.2, 0.25) is 0 Å². The average molecular weight is 313 g/mol. The number of hydrogen-bond donors (Lipinski definition) is 0. The molecule has 0 saturated carbocycles. The molecule has 18 heavy (non-hydrogen) atoms. The Morgan fingerprint density at radius 2 is 2.17 bits per heavy atom. The van der Waals surface area contributed by atoms with Crippen LogP contribution in [0.4, 0.5) is 5.82 Å². The van der Waals surface area contributed by atoms with Crippen molar-refractivity contribution in [2.45, 2.75) is 31.7 Å². The third kappa shape index (κ3) is 2.39. The van der Waals surface area contributed by atoms with E-state index in [1.807, 2.05) is 18.3 Å². The van der Waals surface area contributed by atoms with Gasteiger partial charge in [0.25, 0.3) is 0 Å². The van der Waals surface area contributed by atoms with Crippen molar-refractivity contribution in [2.75, 3.05) is 24.6 Å². The number of hydrogen-bond acceptors (Lipinski definition) is 4. The number of pyridine rings is 1. The van der Waals surface area contributed by atoms with Crippen LogP contribution in [0.3, 0.4) is 0 Å². The Hall–Kier alpha value is -0.650. The molecule has 1 spiro atoms. The van der Waals surface area contributed by atoms with E-state index in [0.717, 1.165) is 42.8 Å². The van der Waals surface area contributed by atoms with Crippen LogP contribution in [0.5, 0.6) is 0 Å². The normalized spacial score (nSPS) is 26.8. The van der Waals surface area contributed by atoms with E-state index < -0.39 is 0 Å². The van der Waals surface area contributed by atoms with Gasteiger partial charge in [-0.3, -0.25) is 0 Å². The summed E-state index contributed by atoms with van der Waals surface area (Å²) < 4.78 is 12.7. The third-order valence-electron chi connectivity index (χ3n) is 3.56. The monoisotopic (exact) mass is 312 g/mol. The second-order valence-electron chi connectivity index (χ2n) is 4.97. The molecule has 0 bridgehead atoms. The molecule has 5 heteroatoms. The van der Waals surface area contributed by atoms with Gasteiger partial charge in [-0.2, -0.15) is 0 Å². The first kappa shape index (κ1) is 12.4. The lowest BCUT2D eigenvalue weighted by molar-refractivity contribution is -0.178. The van der Waals surface area contributed by atoms with Crippen LogP contribution in [0.1, 0.15) is 19.8 Å². The van der Waals surface area contributed by atoms with Crippen molar-refractivity contribution >= 4 is 21.7 Å². The predicted molar refractivity (Wildman–Crippen MR) is 72.6 cm³/mol. The van der Waals surface area contributed by atoms with Gasteiger partial charge in [-0.05, 0) is 35.0 Å². The van der Waals surface area contributed by atoms with Crippen molar-refractivity contribution in [3.05, 3.63) is 22.8 Å². The molecule has 1 unspecified atom stereocenters. The fraction of sp³-hybridized carbons (Fsp3) is 0.615. The van der Waals surface area contributed by atoms with Gasteiger partial charge >= 0.3 is 0 Å². The van der Waals surface area contributed by atoms with E-state index in [-0.39, 0.29) is 11.9 Å². The van der Waals surface area contributed by atoms with Crippen molar-refractivity contribution < 1.29 is 9.47 Å². The molecular formula is C13H17BrN2O2. The quantitative estimate of drug-likeness (QED) is 0.798. The van der Waals surface area contributed by atoms with E-state index >= 15 is 0 Å². The Balaban J connectivity index is 1.65. The number of aromatic nitrogens is 1. The molecule has 0 aliphatic carbocycles. The van der Waals surface area contributed by atoms with Crippen LogP contribution in [0.25, 0.3) is 0 Å². The minimum Gasteiger partial charge on any atom is -0.356 e. The molecule has 2 aliphatic rings. The van der Waals surface area contributed by atoms with E-state index in [1.54, 1.807) is 0 Å². The Morgan fingerprint density at radius 3 is 2.72 bits per heavy atom. The minimum absolute atomic E-state index is 0.224. The topological polar surface area (TPSA) is 34.6 Å². The molecule has 2 saturated heterocycles. The first-order valence-electron chi connectivity index (χ1n) is 6.35. The second-order valence-corrected chi connectivity index (χ2v) is 5.89. The lowest BCUT2D eigenvalue weighted by Crippen LogP contribution is -2.45. The van der Waals surface area contributed by atoms with Crippen LogP contribution in [0.15, 0.2) is 22.8 Å². The predicted octanol–water partition coefficient (Wildman–Crippen LogP) is 2.58. The molecule has 1 atom stereocenters. The van der Waals surface area contributed by atoms with E-state index in [4.69, 9.17) is 9.47 Å². The van der Waals surface area contributed by atoms with Crippen molar-refractivity contribution in [1.82, 2.24) is 4.98 Å². The van der Waals surface area contributed by atoms with Gasteiger partial charge in [-0.25, -0.2) is 4.98 Å². The maximum atomic E-state index is 5.92. The Morgan fingerprint density at radius 1 is 1.39 bits per heavy atom. The first-order valence-corrected chi connectivity index (χ1v) is 7.14. The molecule has 3 rings (SSSR count). The lowest BCUT2D eigenvalue weighted by Gasteiger charge is -2.38. The highest BCUT2D eigenvalue weighted by molar-refractivity contribution is 9.10. The molecule has 0 amide bonds. The summed E-state index contributed by atoms with van der Waals surface area (Å²) in [4.78, 5) is 6.71. The molecule has 0 aromatic carbocycles. The highest BCUT2D eigenvalue weighted by Crippen LogP contribution is 2.35. The zero-order chi connectivity index (χ0) is 12.6. The standard InChI is InChI=1S/C13H17BrN2O2/c1-10-9-17-13(18-10)4-6-16(7-5-13)12-3-2-11(14)8-15-12/h2-3,8,10H,4-7,9H2,1H3. The molecule has 1 aromatic heterocycles. The molecule has 2 aliphatic heterocycles. The van der Waals surface area contributed by atoms with Gasteiger partial charge in [-0.15, -0.1) is 0 Å². The SMILES string of the molecule is CC1COC2(CCN(c3ccc(Br)cn3)CC2)O1. The maximum absolute atomic E-state index is 5.92. The number of piperidine rings is 1. The molecule has 0 N–H and O–H groups in total. The van der Waals surface area contributed by atoms with Crippen molar-refractivity contribution in [3.8, 4) is 0 Å². The Kier molecular flexibility index (Phi) is 3.30. The van der Waals surface area contributed by atoms with Crippen LogP contribution >= 0.6 is 15.9 Å². The van der Waals surface area contributed by atoms with E-state index in [9.17, 15) is 0 Å². The van der Waals surface area contributed by atoms with Gasteiger partial charge in [-0.1, -0.05) is 0 Å². The van der Waals surface area contributed by atoms with Crippen LogP contribution in [0, 0.1) is 0 Å². The zero-order valence-corrected chi connectivity index (χ0v) is 12.0. The highest BCUT2D eigenvalue weighted by atomic mass is 79.9. The van der Waals surface area contributed by atoms with Crippen LogP contribution in [0.2, 0.25) is 0 Å². The van der Waals surface area contributed by atoms with Gasteiger partial charge in [0, 0.05) is 36.6 Å². The number of ether oxygens (including phenoxy) is 2. The smallest absolute Gasteiger partial charge is 0.172 e. The summed E-state index contributed by atoms with van der Waals surface area (Å²) in [5.74, 6) is 0.699. The molecule has 4 nitrogen and oxygen atoms in total. The van der Waals surface area contributed by atoms with Gasteiger partial charge in [0.1, 0.15) is 5.82 Å². The summed E-state index contributed by atoms with van der Waals surface area (Å²) in [5.41, 5.74) is 0. The van der Waals surface area contributed by atoms with Gasteiger partial charge in [0.05, 0.1) is 12.7 Å². The van der Waals surface area contributed by atoms with Crippen molar-refractivity contribution in [1.29, 1.82) is 0 Å². The van der Waals surface area contributed by atoms with Crippen molar-refractivity contribution in [2.24, 2.45) is 0 Å².